The maximum atomic E-state index is 5.00. The Bertz CT molecular complexity index is 186. The lowest BCUT2D eigenvalue weighted by atomic mass is 10.5. The van der Waals surface area contributed by atoms with Crippen LogP contribution in [0.4, 0.5) is 0 Å². The smallest absolute Gasteiger partial charge is 0.163 e. The van der Waals surface area contributed by atoms with E-state index >= 15 is 0 Å². The summed E-state index contributed by atoms with van der Waals surface area (Å²) in [5, 5.41) is 3.02. The second kappa shape index (κ2) is 3.39. The summed E-state index contributed by atoms with van der Waals surface area (Å²) in [4.78, 5) is 6.08. The van der Waals surface area contributed by atoms with Gasteiger partial charge in [-0.3, -0.25) is 0 Å². The van der Waals surface area contributed by atoms with Crippen molar-refractivity contribution in [2.75, 3.05) is 21.2 Å². The summed E-state index contributed by atoms with van der Waals surface area (Å²) in [7, 11) is 5.52. The summed E-state index contributed by atoms with van der Waals surface area (Å²) < 4.78 is 5.00. The number of methoxy groups -OCH3 is 1. The number of hydrogen-bond donors (Lipinski definition) is 1. The van der Waals surface area contributed by atoms with Crippen molar-refractivity contribution in [1.82, 2.24) is 10.2 Å². The maximum Gasteiger partial charge on any atom is 0.163 e. The summed E-state index contributed by atoms with van der Waals surface area (Å²) in [5.74, 6) is 0.901. The highest BCUT2D eigenvalue weighted by atomic mass is 16.5. The molecule has 11 heavy (non-hydrogen) atoms. The van der Waals surface area contributed by atoms with Crippen LogP contribution in [0.15, 0.2) is 17.0 Å². The molecule has 0 aromatic heterocycles. The van der Waals surface area contributed by atoms with Crippen molar-refractivity contribution in [2.45, 2.75) is 6.23 Å². The molecule has 0 aliphatic carbocycles. The van der Waals surface area contributed by atoms with Crippen molar-refractivity contribution in [3.63, 3.8) is 0 Å². The number of nitrogens with zero attached hydrogens (tertiary/aromatic N) is 2. The summed E-state index contributed by atoms with van der Waals surface area (Å²) in [6, 6.07) is 0. The molecule has 4 heteroatoms. The zero-order valence-electron chi connectivity index (χ0n) is 7.03. The van der Waals surface area contributed by atoms with E-state index in [1.54, 1.807) is 13.3 Å². The van der Waals surface area contributed by atoms with E-state index in [4.69, 9.17) is 4.74 Å². The molecule has 0 aromatic rings. The van der Waals surface area contributed by atoms with Crippen LogP contribution in [0.3, 0.4) is 0 Å². The lowest BCUT2D eigenvalue weighted by molar-refractivity contribution is 0.141. The molecule has 62 valence electrons. The highest BCUT2D eigenvalue weighted by Gasteiger charge is 2.07. The van der Waals surface area contributed by atoms with E-state index in [1.165, 1.54) is 0 Å². The van der Waals surface area contributed by atoms with Gasteiger partial charge in [0, 0.05) is 27.4 Å². The van der Waals surface area contributed by atoms with E-state index in [0.717, 1.165) is 5.82 Å². The number of rotatable bonds is 2. The summed E-state index contributed by atoms with van der Waals surface area (Å²) in [6.07, 6.45) is 3.47. The minimum Gasteiger partial charge on any atom is -0.362 e. The largest absolute Gasteiger partial charge is 0.362 e. The van der Waals surface area contributed by atoms with Crippen LogP contribution in [0.5, 0.6) is 0 Å². The van der Waals surface area contributed by atoms with Crippen LogP contribution in [0.25, 0.3) is 0 Å². The molecular weight excluding hydrogens is 142 g/mol. The maximum absolute atomic E-state index is 5.00. The Morgan fingerprint density at radius 3 is 2.73 bits per heavy atom. The second-order valence-electron chi connectivity index (χ2n) is 2.50. The first-order valence-electron chi connectivity index (χ1n) is 3.44. The minimum absolute atomic E-state index is 0.0845. The normalized spacial score (nSPS) is 22.5. The van der Waals surface area contributed by atoms with Gasteiger partial charge in [-0.05, 0) is 0 Å². The van der Waals surface area contributed by atoms with Gasteiger partial charge in [-0.2, -0.15) is 0 Å². The third kappa shape index (κ3) is 1.94. The lowest BCUT2D eigenvalue weighted by Crippen LogP contribution is -2.32. The molecule has 1 N–H and O–H groups in total. The van der Waals surface area contributed by atoms with Crippen LogP contribution < -0.4 is 5.32 Å². The fourth-order valence-corrected chi connectivity index (χ4v) is 0.755. The molecule has 0 fully saturated rings. The lowest BCUT2D eigenvalue weighted by Gasteiger charge is -2.20. The number of hydrogen-bond acceptors (Lipinski definition) is 4. The van der Waals surface area contributed by atoms with Crippen molar-refractivity contribution in [3.8, 4) is 0 Å². The Morgan fingerprint density at radius 2 is 2.36 bits per heavy atom. The predicted octanol–water partition coefficient (Wildman–Crippen LogP) is -0.00660. The molecule has 4 nitrogen and oxygen atoms in total. The van der Waals surface area contributed by atoms with Gasteiger partial charge in [0.2, 0.25) is 0 Å². The van der Waals surface area contributed by atoms with E-state index in [1.807, 2.05) is 25.2 Å². The van der Waals surface area contributed by atoms with E-state index in [-0.39, 0.29) is 6.23 Å². The number of nitrogens with one attached hydrogen (secondary N) is 1. The molecule has 0 unspecified atom stereocenters. The van der Waals surface area contributed by atoms with E-state index < -0.39 is 0 Å². The molecule has 1 aliphatic heterocycles. The third-order valence-electron chi connectivity index (χ3n) is 1.43. The Hall–Kier alpha value is -1.03. The van der Waals surface area contributed by atoms with Gasteiger partial charge in [0.15, 0.2) is 6.23 Å². The van der Waals surface area contributed by atoms with Crippen molar-refractivity contribution < 1.29 is 4.74 Å². The van der Waals surface area contributed by atoms with Crippen LogP contribution in [0.2, 0.25) is 0 Å². The molecule has 1 rings (SSSR count). The van der Waals surface area contributed by atoms with E-state index in [0.29, 0.717) is 0 Å². The van der Waals surface area contributed by atoms with Gasteiger partial charge in [0.1, 0.15) is 5.82 Å². The average Bonchev–Trinajstić information content (AvgIpc) is 2.05. The van der Waals surface area contributed by atoms with Crippen molar-refractivity contribution in [1.29, 1.82) is 0 Å². The van der Waals surface area contributed by atoms with Gasteiger partial charge >= 0.3 is 0 Å². The predicted molar refractivity (Wildman–Crippen MR) is 44.2 cm³/mol. The second-order valence-corrected chi connectivity index (χ2v) is 2.50. The molecule has 0 saturated heterocycles. The van der Waals surface area contributed by atoms with Crippen molar-refractivity contribution >= 4 is 6.21 Å². The van der Waals surface area contributed by atoms with Crippen molar-refractivity contribution in [3.05, 3.63) is 12.0 Å². The van der Waals surface area contributed by atoms with Gasteiger partial charge in [-0.15, -0.1) is 0 Å². The van der Waals surface area contributed by atoms with Crippen LogP contribution in [-0.2, 0) is 4.74 Å². The molecule has 1 aliphatic rings. The Morgan fingerprint density at radius 1 is 1.64 bits per heavy atom. The highest BCUT2D eigenvalue weighted by molar-refractivity contribution is 5.65. The molecular formula is C7H13N3O. The first-order chi connectivity index (χ1) is 5.24. The highest BCUT2D eigenvalue weighted by Crippen LogP contribution is 2.02. The minimum atomic E-state index is -0.0845. The summed E-state index contributed by atoms with van der Waals surface area (Å²) in [5.41, 5.74) is 0. The summed E-state index contributed by atoms with van der Waals surface area (Å²) in [6.45, 7) is 0. The molecule has 0 radical (unpaired) electrons. The summed E-state index contributed by atoms with van der Waals surface area (Å²) >= 11 is 0. The van der Waals surface area contributed by atoms with Gasteiger partial charge < -0.3 is 15.0 Å². The SMILES string of the molecule is CO[C@H]1C=NC(N(C)C)=CN1. The molecule has 0 saturated carbocycles. The first kappa shape index (κ1) is 8.07. The average molecular weight is 155 g/mol. The topological polar surface area (TPSA) is 36.9 Å². The van der Waals surface area contributed by atoms with E-state index in [2.05, 4.69) is 10.3 Å². The molecule has 0 aromatic carbocycles. The Kier molecular flexibility index (Phi) is 2.48. The molecule has 0 bridgehead atoms. The first-order valence-corrected chi connectivity index (χ1v) is 3.44. The number of ether oxygens (including phenoxy) is 1. The molecule has 1 heterocycles. The van der Waals surface area contributed by atoms with Crippen LogP contribution in [-0.4, -0.2) is 38.5 Å². The van der Waals surface area contributed by atoms with Gasteiger partial charge in [-0.1, -0.05) is 0 Å². The van der Waals surface area contributed by atoms with Crippen LogP contribution in [0.1, 0.15) is 0 Å². The standard InChI is InChI=1S/C7H13N3O/c1-10(2)6-4-9-7(11-3)5-8-6/h4-5,7,9H,1-3H3/t7-/m0/s1. The molecule has 0 spiro atoms. The van der Waals surface area contributed by atoms with Gasteiger partial charge in [0.05, 0.1) is 6.21 Å². The zero-order chi connectivity index (χ0) is 8.27. The fourth-order valence-electron chi connectivity index (χ4n) is 0.755. The van der Waals surface area contributed by atoms with Gasteiger partial charge in [0.25, 0.3) is 0 Å². The van der Waals surface area contributed by atoms with E-state index in [9.17, 15) is 0 Å². The fraction of sp³-hybridized carbons (Fsp3) is 0.571. The quantitative estimate of drug-likeness (QED) is 0.609. The Balaban J connectivity index is 2.53. The zero-order valence-corrected chi connectivity index (χ0v) is 7.03. The Labute approximate surface area is 66.6 Å². The van der Waals surface area contributed by atoms with Crippen LogP contribution in [0, 0.1) is 0 Å². The molecule has 0 amide bonds. The monoisotopic (exact) mass is 155 g/mol. The molecule has 1 atom stereocenters. The van der Waals surface area contributed by atoms with Crippen LogP contribution >= 0.6 is 0 Å². The van der Waals surface area contributed by atoms with Gasteiger partial charge in [-0.25, -0.2) is 4.99 Å². The number of aliphatic imine (C=N–C) groups is 1. The third-order valence-corrected chi connectivity index (χ3v) is 1.43. The van der Waals surface area contributed by atoms with Crippen molar-refractivity contribution in [2.24, 2.45) is 4.99 Å².